The van der Waals surface area contributed by atoms with Crippen molar-refractivity contribution in [1.29, 1.82) is 0 Å². The summed E-state index contributed by atoms with van der Waals surface area (Å²) in [5.74, 6) is -0.272. The average molecular weight is 367 g/mol. The molecule has 1 aromatic rings. The summed E-state index contributed by atoms with van der Waals surface area (Å²) >= 11 is 5.06. The molecule has 0 aliphatic rings. The first-order valence-electron chi connectivity index (χ1n) is 8.94. The molecule has 2 unspecified atom stereocenters. The van der Waals surface area contributed by atoms with Crippen LogP contribution in [0.5, 0.6) is 0 Å². The van der Waals surface area contributed by atoms with E-state index in [9.17, 15) is 4.79 Å². The molecule has 0 aromatic heterocycles. The van der Waals surface area contributed by atoms with E-state index in [0.717, 1.165) is 18.4 Å². The van der Waals surface area contributed by atoms with E-state index in [1.54, 1.807) is 0 Å². The zero-order valence-electron chi connectivity index (χ0n) is 15.0. The number of benzene rings is 1. The van der Waals surface area contributed by atoms with Crippen molar-refractivity contribution in [2.75, 3.05) is 13.2 Å². The third-order valence-corrected chi connectivity index (χ3v) is 4.29. The van der Waals surface area contributed by atoms with Gasteiger partial charge in [-0.25, -0.2) is 4.79 Å². The second kappa shape index (κ2) is 12.7. The number of primary amides is 1. The van der Waals surface area contributed by atoms with Gasteiger partial charge in [-0.1, -0.05) is 81.6 Å². The molecule has 0 bridgehead atoms. The van der Waals surface area contributed by atoms with E-state index in [0.29, 0.717) is 13.2 Å². The molecule has 0 fully saturated rings. The SMILES string of the molecule is CCCCCCCCOCC(c1ccccc1)C(OC(N)=O)C(N)=S. The predicted octanol–water partition coefficient (Wildman–Crippen LogP) is 3.90. The number of thiocarbonyl (C=S) groups is 1. The normalized spacial score (nSPS) is 13.2. The first-order chi connectivity index (χ1) is 12.1. The molecule has 0 aliphatic carbocycles. The van der Waals surface area contributed by atoms with Crippen LogP contribution >= 0.6 is 12.2 Å². The van der Waals surface area contributed by atoms with Crippen LogP contribution in [0.1, 0.15) is 56.9 Å². The monoisotopic (exact) mass is 366 g/mol. The van der Waals surface area contributed by atoms with Gasteiger partial charge in [0.2, 0.25) is 0 Å². The molecule has 2 atom stereocenters. The van der Waals surface area contributed by atoms with E-state index < -0.39 is 12.2 Å². The Kier molecular flexibility index (Phi) is 10.8. The summed E-state index contributed by atoms with van der Waals surface area (Å²) in [6.07, 6.45) is 5.55. The second-order valence-electron chi connectivity index (χ2n) is 6.12. The highest BCUT2D eigenvalue weighted by Gasteiger charge is 2.29. The number of hydrogen-bond acceptors (Lipinski definition) is 4. The van der Waals surface area contributed by atoms with Crippen LogP contribution in [-0.4, -0.2) is 30.4 Å². The lowest BCUT2D eigenvalue weighted by atomic mass is 9.94. The quantitative estimate of drug-likeness (QED) is 0.408. The van der Waals surface area contributed by atoms with Crippen LogP contribution in [0.2, 0.25) is 0 Å². The van der Waals surface area contributed by atoms with Crippen LogP contribution in [0.3, 0.4) is 0 Å². The Morgan fingerprint density at radius 3 is 2.32 bits per heavy atom. The second-order valence-corrected chi connectivity index (χ2v) is 6.59. The molecule has 6 heteroatoms. The topological polar surface area (TPSA) is 87.6 Å². The van der Waals surface area contributed by atoms with Crippen molar-refractivity contribution in [1.82, 2.24) is 0 Å². The maximum atomic E-state index is 11.2. The molecular weight excluding hydrogens is 336 g/mol. The van der Waals surface area contributed by atoms with Crippen molar-refractivity contribution in [2.45, 2.75) is 57.5 Å². The van der Waals surface area contributed by atoms with Crippen molar-refractivity contribution in [2.24, 2.45) is 11.5 Å². The zero-order chi connectivity index (χ0) is 18.5. The lowest BCUT2D eigenvalue weighted by Gasteiger charge is -2.26. The number of hydrogen-bond donors (Lipinski definition) is 2. The third kappa shape index (κ3) is 8.84. The van der Waals surface area contributed by atoms with Crippen LogP contribution in [0.4, 0.5) is 4.79 Å². The standard InChI is InChI=1S/C19H30N2O3S/c1-2-3-4-5-6-10-13-23-14-16(15-11-8-7-9-12-15)17(18(20)25)24-19(21)22/h7-9,11-12,16-17H,2-6,10,13-14H2,1H3,(H2,20,25)(H2,21,22). The number of nitrogens with two attached hydrogens (primary N) is 2. The van der Waals surface area contributed by atoms with Gasteiger partial charge in [-0.15, -0.1) is 0 Å². The smallest absolute Gasteiger partial charge is 0.405 e. The van der Waals surface area contributed by atoms with Crippen LogP contribution in [0.15, 0.2) is 30.3 Å². The molecule has 0 saturated heterocycles. The van der Waals surface area contributed by atoms with E-state index in [1.807, 2.05) is 30.3 Å². The Morgan fingerprint density at radius 1 is 1.08 bits per heavy atom. The highest BCUT2D eigenvalue weighted by molar-refractivity contribution is 7.80. The van der Waals surface area contributed by atoms with Gasteiger partial charge in [0.05, 0.1) is 12.5 Å². The number of amides is 1. The Morgan fingerprint density at radius 2 is 1.72 bits per heavy atom. The lowest BCUT2D eigenvalue weighted by Crippen LogP contribution is -2.40. The Labute approximate surface area is 156 Å². The Balaban J connectivity index is 2.57. The average Bonchev–Trinajstić information content (AvgIpc) is 2.59. The summed E-state index contributed by atoms with van der Waals surface area (Å²) in [4.78, 5) is 11.3. The van der Waals surface area contributed by atoms with Gasteiger partial charge >= 0.3 is 6.09 Å². The predicted molar refractivity (Wildman–Crippen MR) is 105 cm³/mol. The minimum absolute atomic E-state index is 0.0934. The number of carbonyl (C=O) groups is 1. The first kappa shape index (κ1) is 21.4. The minimum atomic E-state index is -0.894. The summed E-state index contributed by atoms with van der Waals surface area (Å²) in [5, 5.41) is 0. The maximum Gasteiger partial charge on any atom is 0.405 e. The number of ether oxygens (including phenoxy) is 2. The summed E-state index contributed by atoms with van der Waals surface area (Å²) in [5.41, 5.74) is 11.9. The zero-order valence-corrected chi connectivity index (χ0v) is 15.8. The van der Waals surface area contributed by atoms with E-state index in [2.05, 4.69) is 6.92 Å². The summed E-state index contributed by atoms with van der Waals surface area (Å²) in [7, 11) is 0. The fourth-order valence-corrected chi connectivity index (χ4v) is 2.93. The van der Waals surface area contributed by atoms with E-state index in [1.165, 1.54) is 25.7 Å². The number of rotatable bonds is 13. The molecule has 5 nitrogen and oxygen atoms in total. The summed E-state index contributed by atoms with van der Waals surface area (Å²) in [6.45, 7) is 3.24. The highest BCUT2D eigenvalue weighted by Crippen LogP contribution is 2.23. The van der Waals surface area contributed by atoms with E-state index in [4.69, 9.17) is 33.2 Å². The van der Waals surface area contributed by atoms with Crippen LogP contribution < -0.4 is 11.5 Å². The number of carbonyl (C=O) groups excluding carboxylic acids is 1. The molecule has 0 aliphatic heterocycles. The van der Waals surface area contributed by atoms with Gasteiger partial charge in [-0.2, -0.15) is 0 Å². The highest BCUT2D eigenvalue weighted by atomic mass is 32.1. The molecule has 0 heterocycles. The van der Waals surface area contributed by atoms with Gasteiger partial charge in [0.25, 0.3) is 0 Å². The molecule has 25 heavy (non-hydrogen) atoms. The van der Waals surface area contributed by atoms with Crippen LogP contribution in [-0.2, 0) is 9.47 Å². The molecule has 1 rings (SSSR count). The largest absolute Gasteiger partial charge is 0.438 e. The van der Waals surface area contributed by atoms with Crippen LogP contribution in [0.25, 0.3) is 0 Å². The molecule has 1 aromatic carbocycles. The molecule has 4 N–H and O–H groups in total. The fourth-order valence-electron chi connectivity index (χ4n) is 2.72. The van der Waals surface area contributed by atoms with Crippen molar-refractivity contribution in [3.63, 3.8) is 0 Å². The van der Waals surface area contributed by atoms with Gasteiger partial charge in [-0.05, 0) is 12.0 Å². The summed E-state index contributed by atoms with van der Waals surface area (Å²) < 4.78 is 11.0. The molecule has 1 amide bonds. The van der Waals surface area contributed by atoms with Crippen LogP contribution in [0, 0.1) is 0 Å². The Hall–Kier alpha value is -1.66. The van der Waals surface area contributed by atoms with Crippen molar-refractivity contribution in [3.8, 4) is 0 Å². The van der Waals surface area contributed by atoms with Gasteiger partial charge in [-0.3, -0.25) is 0 Å². The lowest BCUT2D eigenvalue weighted by molar-refractivity contribution is 0.0692. The molecule has 140 valence electrons. The van der Waals surface area contributed by atoms with Gasteiger partial charge in [0, 0.05) is 6.61 Å². The maximum absolute atomic E-state index is 11.2. The van der Waals surface area contributed by atoms with Crippen molar-refractivity contribution < 1.29 is 14.3 Å². The summed E-state index contributed by atoms with van der Waals surface area (Å²) in [6, 6.07) is 9.62. The Bertz CT molecular complexity index is 511. The van der Waals surface area contributed by atoms with E-state index in [-0.39, 0.29) is 10.9 Å². The van der Waals surface area contributed by atoms with Gasteiger partial charge < -0.3 is 20.9 Å². The minimum Gasteiger partial charge on any atom is -0.438 e. The van der Waals surface area contributed by atoms with Crippen molar-refractivity contribution in [3.05, 3.63) is 35.9 Å². The van der Waals surface area contributed by atoms with Crippen molar-refractivity contribution >= 4 is 23.3 Å². The fraction of sp³-hybridized carbons (Fsp3) is 0.579. The molecule has 0 spiro atoms. The molecule has 0 radical (unpaired) electrons. The van der Waals surface area contributed by atoms with E-state index >= 15 is 0 Å². The number of unbranched alkanes of at least 4 members (excludes halogenated alkanes) is 5. The third-order valence-electron chi connectivity index (χ3n) is 4.06. The molecular formula is C19H30N2O3S. The molecule has 0 saturated carbocycles. The first-order valence-corrected chi connectivity index (χ1v) is 9.35. The van der Waals surface area contributed by atoms with Gasteiger partial charge in [0.1, 0.15) is 4.99 Å². The van der Waals surface area contributed by atoms with Gasteiger partial charge in [0.15, 0.2) is 6.10 Å².